The van der Waals surface area contributed by atoms with Crippen molar-refractivity contribution in [2.24, 2.45) is 5.14 Å². The fourth-order valence-electron chi connectivity index (χ4n) is 3.39. The van der Waals surface area contributed by atoms with Gasteiger partial charge in [0.1, 0.15) is 6.04 Å². The highest BCUT2D eigenvalue weighted by Gasteiger charge is 2.39. The van der Waals surface area contributed by atoms with E-state index in [2.05, 4.69) is 21.2 Å². The summed E-state index contributed by atoms with van der Waals surface area (Å²) in [5, 5.41) is 7.93. The molecule has 0 aromatic heterocycles. The van der Waals surface area contributed by atoms with Crippen molar-refractivity contribution >= 4 is 49.1 Å². The van der Waals surface area contributed by atoms with Crippen molar-refractivity contribution in [3.05, 3.63) is 88.4 Å². The molecule has 0 radical (unpaired) electrons. The Hall–Kier alpha value is -3.01. The number of fused-ring (bicyclic) bond motifs is 1. The molecule has 0 fully saturated rings. The van der Waals surface area contributed by atoms with Crippen LogP contribution in [0.2, 0.25) is 0 Å². The van der Waals surface area contributed by atoms with E-state index in [0.717, 1.165) is 0 Å². The maximum Gasteiger partial charge on any atom is 0.260 e. The number of nitrogens with one attached hydrogen (secondary N) is 1. The summed E-state index contributed by atoms with van der Waals surface area (Å²) in [6, 6.07) is 18.9. The summed E-state index contributed by atoms with van der Waals surface area (Å²) in [6.45, 7) is 0. The average Bonchev–Trinajstić information content (AvgIpc) is 2.72. The van der Waals surface area contributed by atoms with E-state index in [0.29, 0.717) is 21.3 Å². The lowest BCUT2D eigenvalue weighted by Gasteiger charge is -2.37. The van der Waals surface area contributed by atoms with E-state index in [9.17, 15) is 18.0 Å². The normalized spacial score (nSPS) is 16.0. The Labute approximate surface area is 181 Å². The molecule has 7 nitrogen and oxygen atoms in total. The number of amides is 2. The molecule has 30 heavy (non-hydrogen) atoms. The lowest BCUT2D eigenvalue weighted by atomic mass is 9.99. The van der Waals surface area contributed by atoms with Crippen molar-refractivity contribution in [3.63, 3.8) is 0 Å². The van der Waals surface area contributed by atoms with E-state index in [1.807, 2.05) is 6.07 Å². The van der Waals surface area contributed by atoms with Crippen LogP contribution in [-0.2, 0) is 14.8 Å². The first-order chi connectivity index (χ1) is 14.3. The van der Waals surface area contributed by atoms with Crippen molar-refractivity contribution in [2.45, 2.75) is 10.9 Å². The van der Waals surface area contributed by atoms with Crippen LogP contribution in [0.5, 0.6) is 0 Å². The maximum atomic E-state index is 13.6. The summed E-state index contributed by atoms with van der Waals surface area (Å²) < 4.78 is 24.1. The third kappa shape index (κ3) is 3.62. The molecule has 4 rings (SSSR count). The zero-order chi connectivity index (χ0) is 21.5. The van der Waals surface area contributed by atoms with Gasteiger partial charge in [0.05, 0.1) is 21.8 Å². The number of nitrogens with zero attached hydrogens (tertiary/aromatic N) is 1. The van der Waals surface area contributed by atoms with Crippen LogP contribution in [0.25, 0.3) is 0 Å². The topological polar surface area (TPSA) is 110 Å². The van der Waals surface area contributed by atoms with E-state index < -0.39 is 27.9 Å². The average molecular weight is 486 g/mol. The quantitative estimate of drug-likeness (QED) is 0.591. The van der Waals surface area contributed by atoms with Crippen LogP contribution in [0.3, 0.4) is 0 Å². The summed E-state index contributed by atoms with van der Waals surface area (Å²) in [5.41, 5.74) is 1.56. The van der Waals surface area contributed by atoms with Gasteiger partial charge in [0.15, 0.2) is 0 Å². The molecule has 1 heterocycles. The molecule has 3 N–H and O–H groups in total. The number of carbonyl (C=O) groups excluding carboxylic acids is 2. The number of carbonyl (C=O) groups is 2. The van der Waals surface area contributed by atoms with Crippen LogP contribution in [0.15, 0.2) is 82.2 Å². The summed E-state index contributed by atoms with van der Waals surface area (Å²) in [5.74, 6) is -0.864. The minimum atomic E-state index is -3.98. The summed E-state index contributed by atoms with van der Waals surface area (Å²) >= 11 is 3.39. The van der Waals surface area contributed by atoms with Gasteiger partial charge >= 0.3 is 0 Å². The molecule has 9 heteroatoms. The third-order valence-electron chi connectivity index (χ3n) is 4.76. The van der Waals surface area contributed by atoms with Gasteiger partial charge in [-0.15, -0.1) is 0 Å². The first-order valence-electron chi connectivity index (χ1n) is 8.88. The number of sulfonamides is 1. The number of primary sulfonamides is 1. The molecule has 2 amide bonds. The van der Waals surface area contributed by atoms with Gasteiger partial charge in [-0.25, -0.2) is 13.6 Å². The lowest BCUT2D eigenvalue weighted by Crippen LogP contribution is -2.45. The molecular formula is C21H16BrN3O4S. The zero-order valence-corrected chi connectivity index (χ0v) is 17.9. The largest absolute Gasteiger partial charge is 0.322 e. The standard InChI is InChI=1S/C21H16BrN3O4S/c22-16-9-5-4-8-15(16)21(27)25-18-11-10-14(30(23,28)29)12-17(18)24-20(26)19(25)13-6-2-1-3-7-13/h1-12,19H,(H,24,26)(H2,23,28,29). The third-order valence-corrected chi connectivity index (χ3v) is 6.36. The molecule has 0 aliphatic carbocycles. The SMILES string of the molecule is NS(=O)(=O)c1ccc2c(c1)NC(=O)C(c1ccccc1)N2C(=O)c1ccccc1Br. The van der Waals surface area contributed by atoms with Crippen molar-refractivity contribution in [3.8, 4) is 0 Å². The van der Waals surface area contributed by atoms with Gasteiger partial charge in [-0.1, -0.05) is 42.5 Å². The first-order valence-corrected chi connectivity index (χ1v) is 11.2. The van der Waals surface area contributed by atoms with Crippen molar-refractivity contribution < 1.29 is 18.0 Å². The molecule has 1 aliphatic rings. The lowest BCUT2D eigenvalue weighted by molar-refractivity contribution is -0.117. The number of hydrogen-bond donors (Lipinski definition) is 2. The Kier molecular flexibility index (Phi) is 5.19. The summed E-state index contributed by atoms with van der Waals surface area (Å²) in [6.07, 6.45) is 0. The summed E-state index contributed by atoms with van der Waals surface area (Å²) in [4.78, 5) is 27.8. The van der Waals surface area contributed by atoms with Gasteiger partial charge in [-0.3, -0.25) is 14.5 Å². The van der Waals surface area contributed by atoms with Crippen LogP contribution in [0.4, 0.5) is 11.4 Å². The molecule has 0 saturated carbocycles. The van der Waals surface area contributed by atoms with Gasteiger partial charge in [0.25, 0.3) is 11.8 Å². The second kappa shape index (κ2) is 7.67. The molecule has 1 atom stereocenters. The molecular weight excluding hydrogens is 470 g/mol. The van der Waals surface area contributed by atoms with E-state index in [1.54, 1.807) is 48.5 Å². The molecule has 1 aliphatic heterocycles. The van der Waals surface area contributed by atoms with Gasteiger partial charge in [0.2, 0.25) is 10.0 Å². The smallest absolute Gasteiger partial charge is 0.260 e. The predicted octanol–water partition coefficient (Wildman–Crippen LogP) is 3.44. The number of hydrogen-bond acceptors (Lipinski definition) is 4. The van der Waals surface area contributed by atoms with Crippen LogP contribution < -0.4 is 15.4 Å². The van der Waals surface area contributed by atoms with E-state index in [1.165, 1.54) is 23.1 Å². The Morgan fingerprint density at radius 1 is 1.00 bits per heavy atom. The molecule has 3 aromatic rings. The van der Waals surface area contributed by atoms with Crippen LogP contribution in [0, 0.1) is 0 Å². The highest BCUT2D eigenvalue weighted by atomic mass is 79.9. The van der Waals surface area contributed by atoms with Crippen LogP contribution >= 0.6 is 15.9 Å². The maximum absolute atomic E-state index is 13.6. The minimum absolute atomic E-state index is 0.159. The van der Waals surface area contributed by atoms with Crippen molar-refractivity contribution in [1.82, 2.24) is 0 Å². The Balaban J connectivity index is 1.92. The first kappa shape index (κ1) is 20.3. The second-order valence-corrected chi connectivity index (χ2v) is 9.10. The van der Waals surface area contributed by atoms with E-state index in [4.69, 9.17) is 5.14 Å². The Morgan fingerprint density at radius 3 is 2.33 bits per heavy atom. The molecule has 0 saturated heterocycles. The predicted molar refractivity (Wildman–Crippen MR) is 117 cm³/mol. The van der Waals surface area contributed by atoms with E-state index >= 15 is 0 Å². The molecule has 3 aromatic carbocycles. The van der Waals surface area contributed by atoms with Crippen molar-refractivity contribution in [1.29, 1.82) is 0 Å². The number of rotatable bonds is 3. The van der Waals surface area contributed by atoms with Crippen LogP contribution in [-0.4, -0.2) is 20.2 Å². The van der Waals surface area contributed by atoms with Gasteiger partial charge in [-0.05, 0) is 51.8 Å². The van der Waals surface area contributed by atoms with E-state index in [-0.39, 0.29) is 10.6 Å². The fourth-order valence-corrected chi connectivity index (χ4v) is 4.38. The molecule has 0 spiro atoms. The zero-order valence-electron chi connectivity index (χ0n) is 15.4. The fraction of sp³-hybridized carbons (Fsp3) is 0.0476. The summed E-state index contributed by atoms with van der Waals surface area (Å²) in [7, 11) is -3.98. The van der Waals surface area contributed by atoms with Crippen molar-refractivity contribution in [2.75, 3.05) is 10.2 Å². The number of benzene rings is 3. The highest BCUT2D eigenvalue weighted by molar-refractivity contribution is 9.10. The van der Waals surface area contributed by atoms with Gasteiger partial charge in [-0.2, -0.15) is 0 Å². The Morgan fingerprint density at radius 2 is 1.67 bits per heavy atom. The van der Waals surface area contributed by atoms with Gasteiger partial charge < -0.3 is 5.32 Å². The minimum Gasteiger partial charge on any atom is -0.322 e. The number of halogens is 1. The monoisotopic (exact) mass is 485 g/mol. The highest BCUT2D eigenvalue weighted by Crippen LogP contribution is 2.40. The van der Waals surface area contributed by atoms with Gasteiger partial charge in [0, 0.05) is 4.47 Å². The Bertz CT molecular complexity index is 1260. The van der Waals surface area contributed by atoms with Crippen LogP contribution in [0.1, 0.15) is 22.0 Å². The molecule has 1 unspecified atom stereocenters. The molecule has 0 bridgehead atoms. The molecule has 152 valence electrons. The second-order valence-electron chi connectivity index (χ2n) is 6.68. The number of nitrogens with two attached hydrogens (primary N) is 1. The number of anilines is 2.